The third-order valence-corrected chi connectivity index (χ3v) is 3.60. The maximum Gasteiger partial charge on any atom is 0.265 e. The summed E-state index contributed by atoms with van der Waals surface area (Å²) >= 11 is 7.19. The van der Waals surface area contributed by atoms with Gasteiger partial charge in [-0.2, -0.15) is 5.10 Å². The number of thiophene rings is 1. The van der Waals surface area contributed by atoms with Gasteiger partial charge in [0.2, 0.25) is 0 Å². The van der Waals surface area contributed by atoms with Crippen LogP contribution < -0.4 is 5.32 Å². The molecule has 1 amide bonds. The van der Waals surface area contributed by atoms with Gasteiger partial charge in [-0.15, -0.1) is 11.3 Å². The van der Waals surface area contributed by atoms with E-state index in [0.29, 0.717) is 21.4 Å². The summed E-state index contributed by atoms with van der Waals surface area (Å²) in [5.74, 6) is 0.489. The van der Waals surface area contributed by atoms with Gasteiger partial charge in [-0.1, -0.05) is 17.7 Å². The number of carbonyl (C=O) groups is 1. The Morgan fingerprint density at radius 1 is 1.30 bits per heavy atom. The van der Waals surface area contributed by atoms with Crippen molar-refractivity contribution in [3.63, 3.8) is 0 Å². The first-order valence-electron chi connectivity index (χ1n) is 5.74. The number of nitrogens with one attached hydrogen (secondary N) is 1. The Morgan fingerprint density at radius 3 is 2.80 bits per heavy atom. The minimum absolute atomic E-state index is 0.142. The number of amides is 1. The average molecular weight is 305 g/mol. The van der Waals surface area contributed by atoms with Crippen molar-refractivity contribution in [1.29, 1.82) is 0 Å². The second kappa shape index (κ2) is 5.44. The third kappa shape index (κ3) is 2.71. The summed E-state index contributed by atoms with van der Waals surface area (Å²) in [6.07, 6.45) is 4.78. The van der Waals surface area contributed by atoms with E-state index in [4.69, 9.17) is 11.6 Å². The maximum atomic E-state index is 11.9. The Bertz CT molecular complexity index is 721. The molecule has 0 spiro atoms. The molecule has 0 fully saturated rings. The molecule has 0 bridgehead atoms. The summed E-state index contributed by atoms with van der Waals surface area (Å²) in [4.78, 5) is 16.8. The molecule has 0 radical (unpaired) electrons. The minimum Gasteiger partial charge on any atom is -0.320 e. The van der Waals surface area contributed by atoms with Crippen LogP contribution in [0.1, 0.15) is 9.67 Å². The monoisotopic (exact) mass is 304 g/mol. The zero-order chi connectivity index (χ0) is 13.9. The maximum absolute atomic E-state index is 11.9. The van der Waals surface area contributed by atoms with Crippen molar-refractivity contribution in [2.45, 2.75) is 0 Å². The van der Waals surface area contributed by atoms with E-state index in [1.54, 1.807) is 35.3 Å². The second-order valence-corrected chi connectivity index (χ2v) is 5.32. The molecule has 20 heavy (non-hydrogen) atoms. The van der Waals surface area contributed by atoms with E-state index in [0.717, 1.165) is 0 Å². The molecule has 0 saturated heterocycles. The first-order valence-corrected chi connectivity index (χ1v) is 6.99. The fourth-order valence-electron chi connectivity index (χ4n) is 1.62. The number of carbonyl (C=O) groups excluding carboxylic acids is 1. The number of hydrogen-bond acceptors (Lipinski definition) is 4. The standard InChI is InChI=1S/C13H9ClN4OS/c14-9-6-16-18(8-9)12-4-3-10(7-15-12)17-13(19)11-2-1-5-20-11/h1-8H,(H,17,19). The first-order chi connectivity index (χ1) is 9.72. The molecule has 3 rings (SSSR count). The molecule has 0 aromatic carbocycles. The topological polar surface area (TPSA) is 59.8 Å². The lowest BCUT2D eigenvalue weighted by Gasteiger charge is -2.04. The largest absolute Gasteiger partial charge is 0.320 e. The van der Waals surface area contributed by atoms with Gasteiger partial charge in [0, 0.05) is 0 Å². The molecule has 3 aromatic rings. The molecule has 0 aliphatic rings. The van der Waals surface area contributed by atoms with Gasteiger partial charge < -0.3 is 5.32 Å². The minimum atomic E-state index is -0.142. The highest BCUT2D eigenvalue weighted by atomic mass is 35.5. The molecule has 0 atom stereocenters. The number of anilines is 1. The highest BCUT2D eigenvalue weighted by molar-refractivity contribution is 7.12. The lowest BCUT2D eigenvalue weighted by Crippen LogP contribution is -2.10. The molecule has 0 aliphatic carbocycles. The van der Waals surface area contributed by atoms with Gasteiger partial charge in [0.05, 0.1) is 34.2 Å². The van der Waals surface area contributed by atoms with Crippen LogP contribution in [0.25, 0.3) is 5.82 Å². The molecular weight excluding hydrogens is 296 g/mol. The van der Waals surface area contributed by atoms with Gasteiger partial charge in [0.1, 0.15) is 0 Å². The van der Waals surface area contributed by atoms with Crippen molar-refractivity contribution in [2.24, 2.45) is 0 Å². The van der Waals surface area contributed by atoms with Gasteiger partial charge in [-0.05, 0) is 23.6 Å². The molecule has 0 saturated carbocycles. The molecule has 1 N–H and O–H groups in total. The Morgan fingerprint density at radius 2 is 2.20 bits per heavy atom. The summed E-state index contributed by atoms with van der Waals surface area (Å²) in [6, 6.07) is 7.13. The third-order valence-electron chi connectivity index (χ3n) is 2.54. The number of pyridine rings is 1. The van der Waals surface area contributed by atoms with E-state index >= 15 is 0 Å². The van der Waals surface area contributed by atoms with Crippen LogP contribution in [0.4, 0.5) is 5.69 Å². The van der Waals surface area contributed by atoms with E-state index in [2.05, 4.69) is 15.4 Å². The van der Waals surface area contributed by atoms with Crippen LogP contribution in [0, 0.1) is 0 Å². The van der Waals surface area contributed by atoms with Gasteiger partial charge in [0.15, 0.2) is 5.82 Å². The number of aromatic nitrogens is 3. The van der Waals surface area contributed by atoms with E-state index in [1.807, 2.05) is 11.4 Å². The first kappa shape index (κ1) is 12.8. The molecule has 7 heteroatoms. The summed E-state index contributed by atoms with van der Waals surface area (Å²) in [6.45, 7) is 0. The predicted octanol–water partition coefficient (Wildman–Crippen LogP) is 3.23. The molecule has 0 aliphatic heterocycles. The zero-order valence-electron chi connectivity index (χ0n) is 10.2. The Kier molecular flexibility index (Phi) is 3.49. The average Bonchev–Trinajstić information content (AvgIpc) is 3.10. The van der Waals surface area contributed by atoms with Gasteiger partial charge in [-0.25, -0.2) is 9.67 Å². The summed E-state index contributed by atoms with van der Waals surface area (Å²) in [5.41, 5.74) is 0.630. The molecule has 100 valence electrons. The molecule has 3 aromatic heterocycles. The summed E-state index contributed by atoms with van der Waals surface area (Å²) in [7, 11) is 0. The predicted molar refractivity (Wildman–Crippen MR) is 78.6 cm³/mol. The number of nitrogens with zero attached hydrogens (tertiary/aromatic N) is 3. The quantitative estimate of drug-likeness (QED) is 0.808. The highest BCUT2D eigenvalue weighted by Gasteiger charge is 2.07. The van der Waals surface area contributed by atoms with Crippen LogP contribution >= 0.6 is 22.9 Å². The molecular formula is C13H9ClN4OS. The van der Waals surface area contributed by atoms with Gasteiger partial charge in [-0.3, -0.25) is 4.79 Å². The van der Waals surface area contributed by atoms with Crippen molar-refractivity contribution in [3.8, 4) is 5.82 Å². The van der Waals surface area contributed by atoms with Gasteiger partial charge in [0.25, 0.3) is 5.91 Å². The van der Waals surface area contributed by atoms with Crippen LogP contribution in [-0.2, 0) is 0 Å². The SMILES string of the molecule is O=C(Nc1ccc(-n2cc(Cl)cn2)nc1)c1cccs1. The lowest BCUT2D eigenvalue weighted by atomic mass is 10.3. The van der Waals surface area contributed by atoms with Crippen LogP contribution in [-0.4, -0.2) is 20.7 Å². The Hall–Kier alpha value is -2.18. The summed E-state index contributed by atoms with van der Waals surface area (Å²) < 4.78 is 1.56. The normalized spacial score (nSPS) is 10.4. The molecule has 5 nitrogen and oxygen atoms in total. The van der Waals surface area contributed by atoms with E-state index in [1.165, 1.54) is 17.5 Å². The Labute approximate surface area is 123 Å². The molecule has 3 heterocycles. The molecule has 0 unspecified atom stereocenters. The van der Waals surface area contributed by atoms with E-state index < -0.39 is 0 Å². The van der Waals surface area contributed by atoms with E-state index in [9.17, 15) is 4.79 Å². The second-order valence-electron chi connectivity index (χ2n) is 3.94. The van der Waals surface area contributed by atoms with E-state index in [-0.39, 0.29) is 5.91 Å². The lowest BCUT2D eigenvalue weighted by molar-refractivity contribution is 0.103. The van der Waals surface area contributed by atoms with Crippen molar-refractivity contribution < 1.29 is 4.79 Å². The summed E-state index contributed by atoms with van der Waals surface area (Å²) in [5, 5.41) is 9.24. The van der Waals surface area contributed by atoms with Crippen LogP contribution in [0.2, 0.25) is 5.02 Å². The zero-order valence-corrected chi connectivity index (χ0v) is 11.7. The fourth-order valence-corrected chi connectivity index (χ4v) is 2.38. The van der Waals surface area contributed by atoms with Crippen LogP contribution in [0.15, 0.2) is 48.2 Å². The van der Waals surface area contributed by atoms with Crippen molar-refractivity contribution in [2.75, 3.05) is 5.32 Å². The van der Waals surface area contributed by atoms with Crippen molar-refractivity contribution in [1.82, 2.24) is 14.8 Å². The van der Waals surface area contributed by atoms with Crippen molar-refractivity contribution in [3.05, 3.63) is 58.1 Å². The van der Waals surface area contributed by atoms with Crippen molar-refractivity contribution >= 4 is 34.5 Å². The Balaban J connectivity index is 1.75. The number of hydrogen-bond donors (Lipinski definition) is 1. The van der Waals surface area contributed by atoms with Crippen LogP contribution in [0.5, 0.6) is 0 Å². The van der Waals surface area contributed by atoms with Crippen LogP contribution in [0.3, 0.4) is 0 Å². The van der Waals surface area contributed by atoms with Gasteiger partial charge >= 0.3 is 0 Å². The number of rotatable bonds is 3. The fraction of sp³-hybridized carbons (Fsp3) is 0. The highest BCUT2D eigenvalue weighted by Crippen LogP contribution is 2.15. The number of halogens is 1. The smallest absolute Gasteiger partial charge is 0.265 e.